The smallest absolute Gasteiger partial charge is 0.299 e. The molecule has 1 aromatic heterocycles. The molecule has 1 rings (SSSR count). The Morgan fingerprint density at radius 2 is 2.33 bits per heavy atom. The molecule has 12 heavy (non-hydrogen) atoms. The van der Waals surface area contributed by atoms with Crippen molar-refractivity contribution < 1.29 is 13.7 Å². The van der Waals surface area contributed by atoms with Gasteiger partial charge in [0.1, 0.15) is 0 Å². The Bertz CT molecular complexity index is 282. The Hall–Kier alpha value is -0.790. The average molecular weight is 206 g/mol. The van der Waals surface area contributed by atoms with Gasteiger partial charge in [-0.2, -0.15) is 11.3 Å². The lowest BCUT2D eigenvalue weighted by Crippen LogP contribution is -2.14. The molecule has 0 saturated heterocycles. The summed E-state index contributed by atoms with van der Waals surface area (Å²) in [6.45, 7) is 0. The molecule has 0 amide bonds. The van der Waals surface area contributed by atoms with E-state index in [0.29, 0.717) is 0 Å². The highest BCUT2D eigenvalue weighted by Crippen LogP contribution is 2.21. The predicted octanol–water partition coefficient (Wildman–Crippen LogP) is 0.903. The molecule has 0 fully saturated rings. The number of hydrogen-bond donors (Lipinski definition) is 0. The summed E-state index contributed by atoms with van der Waals surface area (Å²) in [5.74, 6) is 0. The van der Waals surface area contributed by atoms with Crippen LogP contribution in [0.3, 0.4) is 0 Å². The van der Waals surface area contributed by atoms with E-state index >= 15 is 0 Å². The Balaban J connectivity index is 2.96. The molecule has 0 aromatic carbocycles. The van der Waals surface area contributed by atoms with Gasteiger partial charge in [0.15, 0.2) is 0 Å². The van der Waals surface area contributed by atoms with E-state index in [9.17, 15) is 18.9 Å². The summed E-state index contributed by atoms with van der Waals surface area (Å²) >= 11 is -1.48. The molecule has 0 aliphatic rings. The highest BCUT2D eigenvalue weighted by Gasteiger charge is 2.23. The summed E-state index contributed by atoms with van der Waals surface area (Å²) in [7, 11) is 0. The molecule has 0 spiro atoms. The van der Waals surface area contributed by atoms with Crippen LogP contribution in [0, 0.1) is 10.1 Å². The van der Waals surface area contributed by atoms with Gasteiger partial charge >= 0.3 is 0 Å². The summed E-state index contributed by atoms with van der Waals surface area (Å²) in [4.78, 5) is 9.43. The second kappa shape index (κ2) is 3.74. The van der Waals surface area contributed by atoms with E-state index in [2.05, 4.69) is 0 Å². The Morgan fingerprint density at radius 1 is 1.67 bits per heavy atom. The molecular weight excluding hydrogens is 202 g/mol. The molecular formula is C5H4NO4S2-. The van der Waals surface area contributed by atoms with E-state index in [-0.39, 0.29) is 5.56 Å². The Kier molecular flexibility index (Phi) is 2.90. The van der Waals surface area contributed by atoms with Crippen LogP contribution < -0.4 is 0 Å². The van der Waals surface area contributed by atoms with Crippen LogP contribution in [0.1, 0.15) is 10.9 Å². The zero-order valence-electron chi connectivity index (χ0n) is 5.71. The van der Waals surface area contributed by atoms with E-state index in [1.54, 1.807) is 5.38 Å². The number of rotatable bonds is 3. The maximum absolute atomic E-state index is 10.4. The van der Waals surface area contributed by atoms with E-state index in [1.807, 2.05) is 0 Å². The van der Waals surface area contributed by atoms with Crippen molar-refractivity contribution in [1.29, 1.82) is 0 Å². The van der Waals surface area contributed by atoms with Gasteiger partial charge in [-0.25, -0.2) is 0 Å². The lowest BCUT2D eigenvalue weighted by Gasteiger charge is -2.09. The minimum absolute atomic E-state index is 0.207. The van der Waals surface area contributed by atoms with Crippen LogP contribution in [0.5, 0.6) is 0 Å². The van der Waals surface area contributed by atoms with Crippen molar-refractivity contribution in [2.45, 2.75) is 5.37 Å². The van der Waals surface area contributed by atoms with E-state index in [1.165, 1.54) is 22.8 Å². The highest BCUT2D eigenvalue weighted by molar-refractivity contribution is 7.79. The molecule has 2 atom stereocenters. The lowest BCUT2D eigenvalue weighted by atomic mass is 10.3. The molecule has 66 valence electrons. The van der Waals surface area contributed by atoms with Crippen LogP contribution in [-0.2, 0) is 11.1 Å². The van der Waals surface area contributed by atoms with Gasteiger partial charge in [0.05, 0.1) is 0 Å². The van der Waals surface area contributed by atoms with Crippen LogP contribution in [0.15, 0.2) is 16.8 Å². The zero-order valence-corrected chi connectivity index (χ0v) is 7.34. The molecule has 0 aliphatic carbocycles. The second-order valence-electron chi connectivity index (χ2n) is 1.95. The fraction of sp³-hybridized carbons (Fsp3) is 0.200. The fourth-order valence-electron chi connectivity index (χ4n) is 0.719. The first-order valence-corrected chi connectivity index (χ1v) is 4.94. The normalized spacial score (nSPS) is 15.4. The van der Waals surface area contributed by atoms with Crippen molar-refractivity contribution in [2.24, 2.45) is 0 Å². The molecule has 5 nitrogen and oxygen atoms in total. The van der Waals surface area contributed by atoms with Gasteiger partial charge in [-0.15, -0.1) is 0 Å². The fourth-order valence-corrected chi connectivity index (χ4v) is 1.99. The SMILES string of the molecule is O=[N+]([O-])C(c1ccsc1)S(=O)[O-]. The first-order valence-electron chi connectivity index (χ1n) is 2.86. The van der Waals surface area contributed by atoms with Gasteiger partial charge in [-0.05, 0) is 11.4 Å². The molecule has 1 aromatic rings. The molecule has 0 bridgehead atoms. The van der Waals surface area contributed by atoms with Crippen molar-refractivity contribution in [2.75, 3.05) is 0 Å². The van der Waals surface area contributed by atoms with Crippen molar-refractivity contribution in [1.82, 2.24) is 0 Å². The first kappa shape index (κ1) is 9.30. The molecule has 0 N–H and O–H groups in total. The monoisotopic (exact) mass is 206 g/mol. The third-order valence-corrected chi connectivity index (χ3v) is 2.71. The molecule has 0 aliphatic heterocycles. The lowest BCUT2D eigenvalue weighted by molar-refractivity contribution is -0.502. The van der Waals surface area contributed by atoms with Crippen LogP contribution >= 0.6 is 11.3 Å². The first-order chi connectivity index (χ1) is 5.63. The summed E-state index contributed by atoms with van der Waals surface area (Å²) in [6.07, 6.45) is 0. The third-order valence-electron chi connectivity index (χ3n) is 1.20. The average Bonchev–Trinajstić information content (AvgIpc) is 2.37. The Labute approximate surface area is 74.5 Å². The van der Waals surface area contributed by atoms with Gasteiger partial charge in [0.2, 0.25) is 0 Å². The van der Waals surface area contributed by atoms with Crippen LogP contribution in [-0.4, -0.2) is 13.7 Å². The minimum Gasteiger partial charge on any atom is -0.767 e. The number of nitrogens with zero attached hydrogens (tertiary/aromatic N) is 1. The van der Waals surface area contributed by atoms with Crippen LogP contribution in [0.2, 0.25) is 0 Å². The summed E-state index contributed by atoms with van der Waals surface area (Å²) < 4.78 is 20.8. The second-order valence-corrected chi connectivity index (χ2v) is 3.70. The Morgan fingerprint density at radius 3 is 2.67 bits per heavy atom. The van der Waals surface area contributed by atoms with Gasteiger partial charge in [0.25, 0.3) is 5.37 Å². The number of nitro groups is 1. The van der Waals surface area contributed by atoms with Gasteiger partial charge in [0, 0.05) is 26.9 Å². The topological polar surface area (TPSA) is 83.3 Å². The summed E-state index contributed by atoms with van der Waals surface area (Å²) in [5, 5.41) is 11.7. The zero-order chi connectivity index (χ0) is 9.14. The van der Waals surface area contributed by atoms with Gasteiger partial charge < -0.3 is 4.55 Å². The molecule has 2 unspecified atom stereocenters. The maximum Gasteiger partial charge on any atom is 0.299 e. The minimum atomic E-state index is -2.71. The summed E-state index contributed by atoms with van der Waals surface area (Å²) in [5.41, 5.74) is 0.207. The van der Waals surface area contributed by atoms with E-state index < -0.39 is 21.4 Å². The number of hydrogen-bond acceptors (Lipinski definition) is 5. The molecule has 0 saturated carbocycles. The molecule has 0 radical (unpaired) electrons. The van der Waals surface area contributed by atoms with Gasteiger partial charge in [-0.3, -0.25) is 14.3 Å². The van der Waals surface area contributed by atoms with E-state index in [4.69, 9.17) is 0 Å². The van der Waals surface area contributed by atoms with Crippen LogP contribution in [0.4, 0.5) is 0 Å². The standard InChI is InChI=1S/C5H5NO4S2/c7-6(8)5(12(9)10)4-1-2-11-3-4/h1-3,5H,(H,9,10)/p-1. The van der Waals surface area contributed by atoms with Crippen molar-refractivity contribution >= 4 is 22.4 Å². The molecule has 1 heterocycles. The maximum atomic E-state index is 10.4. The molecule has 7 heteroatoms. The summed E-state index contributed by atoms with van der Waals surface area (Å²) in [6, 6.07) is 1.42. The van der Waals surface area contributed by atoms with Crippen molar-refractivity contribution in [3.63, 3.8) is 0 Å². The largest absolute Gasteiger partial charge is 0.767 e. The van der Waals surface area contributed by atoms with Gasteiger partial charge in [-0.1, -0.05) is 0 Å². The number of thiophene rings is 1. The highest BCUT2D eigenvalue weighted by atomic mass is 32.2. The third kappa shape index (κ3) is 1.87. The predicted molar refractivity (Wildman–Crippen MR) is 43.0 cm³/mol. The van der Waals surface area contributed by atoms with E-state index in [0.717, 1.165) is 0 Å². The quantitative estimate of drug-likeness (QED) is 0.418. The van der Waals surface area contributed by atoms with Crippen molar-refractivity contribution in [3.8, 4) is 0 Å². The van der Waals surface area contributed by atoms with Crippen LogP contribution in [0.25, 0.3) is 0 Å². The van der Waals surface area contributed by atoms with Crippen molar-refractivity contribution in [3.05, 3.63) is 32.5 Å².